The molecule has 0 fully saturated rings. The third-order valence-electron chi connectivity index (χ3n) is 2.34. The van der Waals surface area contributed by atoms with E-state index in [2.05, 4.69) is 4.98 Å². The van der Waals surface area contributed by atoms with Gasteiger partial charge in [0.05, 0.1) is 6.54 Å². The number of halogens is 3. The molecule has 18 heavy (non-hydrogen) atoms. The van der Waals surface area contributed by atoms with Gasteiger partial charge in [0.2, 0.25) is 5.82 Å². The summed E-state index contributed by atoms with van der Waals surface area (Å²) in [5, 5.41) is -0.0559. The van der Waals surface area contributed by atoms with E-state index >= 15 is 0 Å². The zero-order valence-corrected chi connectivity index (χ0v) is 10.4. The van der Waals surface area contributed by atoms with Gasteiger partial charge in [-0.05, 0) is 17.7 Å². The largest absolute Gasteiger partial charge is 0.329 e. The van der Waals surface area contributed by atoms with E-state index < -0.39 is 22.2 Å². The lowest BCUT2D eigenvalue weighted by atomic mass is 10.2. The van der Waals surface area contributed by atoms with Crippen LogP contribution in [0.4, 0.5) is 4.39 Å². The maximum atomic E-state index is 13.3. The van der Waals surface area contributed by atoms with Crippen LogP contribution in [0.3, 0.4) is 0 Å². The molecule has 0 amide bonds. The van der Waals surface area contributed by atoms with Crippen LogP contribution in [0.1, 0.15) is 5.56 Å². The number of hydrogen-bond donors (Lipinski definition) is 1. The molecule has 0 saturated heterocycles. The van der Waals surface area contributed by atoms with E-state index in [0.29, 0.717) is 10.6 Å². The Bertz CT molecular complexity index is 692. The summed E-state index contributed by atoms with van der Waals surface area (Å²) in [4.78, 5) is 25.1. The van der Waals surface area contributed by atoms with E-state index in [1.165, 1.54) is 0 Å². The molecule has 0 bridgehead atoms. The van der Waals surface area contributed by atoms with Gasteiger partial charge in [-0.15, -0.1) is 0 Å². The summed E-state index contributed by atoms with van der Waals surface area (Å²) < 4.78 is 14.0. The normalized spacial score (nSPS) is 10.6. The number of benzene rings is 1. The van der Waals surface area contributed by atoms with Crippen molar-refractivity contribution in [1.29, 1.82) is 0 Å². The highest BCUT2D eigenvalue weighted by Gasteiger charge is 2.12. The van der Waals surface area contributed by atoms with Crippen molar-refractivity contribution in [3.63, 3.8) is 0 Å². The van der Waals surface area contributed by atoms with E-state index in [-0.39, 0.29) is 6.54 Å². The molecule has 1 N–H and O–H groups in total. The molecule has 0 aliphatic heterocycles. The third kappa shape index (κ3) is 2.47. The Balaban J connectivity index is 2.47. The Labute approximate surface area is 111 Å². The topological polar surface area (TPSA) is 54.9 Å². The first-order valence-electron chi connectivity index (χ1n) is 4.91. The molecule has 1 aromatic carbocycles. The first-order chi connectivity index (χ1) is 8.49. The molecule has 0 aliphatic carbocycles. The summed E-state index contributed by atoms with van der Waals surface area (Å²) in [6, 6.07) is 6.51. The lowest BCUT2D eigenvalue weighted by Crippen LogP contribution is -2.37. The number of aromatic nitrogens is 2. The Hall–Kier alpha value is -1.59. The quantitative estimate of drug-likeness (QED) is 0.860. The van der Waals surface area contributed by atoms with Crippen LogP contribution < -0.4 is 11.2 Å². The number of hydrogen-bond acceptors (Lipinski definition) is 2. The van der Waals surface area contributed by atoms with E-state index in [1.54, 1.807) is 24.3 Å². The maximum absolute atomic E-state index is 13.3. The molecule has 1 heterocycles. The highest BCUT2D eigenvalue weighted by atomic mass is 35.5. The van der Waals surface area contributed by atoms with Gasteiger partial charge >= 0.3 is 5.69 Å². The van der Waals surface area contributed by atoms with Gasteiger partial charge in [0.25, 0.3) is 5.56 Å². The molecular weight excluding hydrogens is 282 g/mol. The highest BCUT2D eigenvalue weighted by molar-refractivity contribution is 6.30. The van der Waals surface area contributed by atoms with E-state index in [0.717, 1.165) is 4.57 Å². The zero-order valence-electron chi connectivity index (χ0n) is 8.91. The maximum Gasteiger partial charge on any atom is 0.329 e. The fourth-order valence-corrected chi connectivity index (χ4v) is 1.72. The van der Waals surface area contributed by atoms with Gasteiger partial charge in [0.15, 0.2) is 5.15 Å². The minimum atomic E-state index is -1.18. The van der Waals surface area contributed by atoms with Crippen molar-refractivity contribution in [2.45, 2.75) is 6.54 Å². The van der Waals surface area contributed by atoms with Crippen molar-refractivity contribution in [3.8, 4) is 0 Å². The molecule has 2 aromatic rings. The molecule has 0 atom stereocenters. The van der Waals surface area contributed by atoms with Crippen LogP contribution in [0.15, 0.2) is 33.9 Å². The summed E-state index contributed by atoms with van der Waals surface area (Å²) in [5.41, 5.74) is -1.17. The molecule has 0 unspecified atom stereocenters. The van der Waals surface area contributed by atoms with Gasteiger partial charge in [-0.2, -0.15) is 4.39 Å². The first kappa shape index (κ1) is 12.9. The second-order valence-electron chi connectivity index (χ2n) is 3.58. The number of nitrogens with one attached hydrogen (secondary N) is 1. The molecule has 0 radical (unpaired) electrons. The first-order valence-corrected chi connectivity index (χ1v) is 5.67. The number of H-pyrrole nitrogens is 1. The van der Waals surface area contributed by atoms with Gasteiger partial charge in [-0.25, -0.2) is 4.79 Å². The Morgan fingerprint density at radius 3 is 2.39 bits per heavy atom. The van der Waals surface area contributed by atoms with Crippen LogP contribution in [0.5, 0.6) is 0 Å². The molecule has 0 spiro atoms. The van der Waals surface area contributed by atoms with E-state index in [9.17, 15) is 14.0 Å². The highest BCUT2D eigenvalue weighted by Crippen LogP contribution is 2.10. The smallest absolute Gasteiger partial charge is 0.295 e. The van der Waals surface area contributed by atoms with Crippen LogP contribution >= 0.6 is 23.2 Å². The van der Waals surface area contributed by atoms with Crippen LogP contribution in [-0.2, 0) is 6.54 Å². The lowest BCUT2D eigenvalue weighted by Gasteiger charge is -2.05. The predicted octanol–water partition coefficient (Wildman–Crippen LogP) is 2.03. The van der Waals surface area contributed by atoms with Gasteiger partial charge < -0.3 is 0 Å². The number of rotatable bonds is 2. The third-order valence-corrected chi connectivity index (χ3v) is 2.85. The predicted molar refractivity (Wildman–Crippen MR) is 66.8 cm³/mol. The van der Waals surface area contributed by atoms with Crippen LogP contribution in [0.2, 0.25) is 10.2 Å². The van der Waals surface area contributed by atoms with Crippen molar-refractivity contribution in [2.75, 3.05) is 0 Å². The summed E-state index contributed by atoms with van der Waals surface area (Å²) in [6.45, 7) is -0.0561. The minimum absolute atomic E-state index is 0.0561. The average Bonchev–Trinajstić information content (AvgIpc) is 2.34. The van der Waals surface area contributed by atoms with Crippen molar-refractivity contribution >= 4 is 23.2 Å². The van der Waals surface area contributed by atoms with Crippen molar-refractivity contribution < 1.29 is 4.39 Å². The van der Waals surface area contributed by atoms with Crippen LogP contribution in [0, 0.1) is 5.82 Å². The molecule has 2 rings (SSSR count). The zero-order chi connectivity index (χ0) is 13.3. The SMILES string of the molecule is O=c1[nH]c(Cl)c(F)c(=O)n1Cc1ccc(Cl)cc1. The summed E-state index contributed by atoms with van der Waals surface area (Å²) in [5.74, 6) is -1.18. The summed E-state index contributed by atoms with van der Waals surface area (Å²) in [6.07, 6.45) is 0. The second-order valence-corrected chi connectivity index (χ2v) is 4.39. The van der Waals surface area contributed by atoms with Gasteiger partial charge in [-0.1, -0.05) is 35.3 Å². The van der Waals surface area contributed by atoms with Gasteiger partial charge in [0.1, 0.15) is 0 Å². The van der Waals surface area contributed by atoms with E-state index in [1.807, 2.05) is 0 Å². The second kappa shape index (κ2) is 4.96. The Morgan fingerprint density at radius 2 is 1.78 bits per heavy atom. The standard InChI is InChI=1S/C11H7Cl2FN2O2/c12-7-3-1-6(2-4-7)5-16-10(17)8(14)9(13)15-11(16)18/h1-4H,5H2,(H,15,18). The van der Waals surface area contributed by atoms with Crippen LogP contribution in [0.25, 0.3) is 0 Å². The van der Waals surface area contributed by atoms with Crippen molar-refractivity contribution in [3.05, 3.63) is 66.7 Å². The fraction of sp³-hybridized carbons (Fsp3) is 0.0909. The number of nitrogens with zero attached hydrogens (tertiary/aromatic N) is 1. The monoisotopic (exact) mass is 288 g/mol. The summed E-state index contributed by atoms with van der Waals surface area (Å²) >= 11 is 11.1. The Morgan fingerprint density at radius 1 is 1.17 bits per heavy atom. The molecule has 0 aliphatic rings. The minimum Gasteiger partial charge on any atom is -0.295 e. The molecular formula is C11H7Cl2FN2O2. The van der Waals surface area contributed by atoms with Crippen molar-refractivity contribution in [1.82, 2.24) is 9.55 Å². The van der Waals surface area contributed by atoms with Crippen molar-refractivity contribution in [2.24, 2.45) is 0 Å². The molecule has 4 nitrogen and oxygen atoms in total. The van der Waals surface area contributed by atoms with Crippen LogP contribution in [-0.4, -0.2) is 9.55 Å². The summed E-state index contributed by atoms with van der Waals surface area (Å²) in [7, 11) is 0. The molecule has 1 aromatic heterocycles. The van der Waals surface area contributed by atoms with Gasteiger partial charge in [0, 0.05) is 5.02 Å². The molecule has 7 heteroatoms. The number of aromatic amines is 1. The lowest BCUT2D eigenvalue weighted by molar-refractivity contribution is 0.558. The molecule has 94 valence electrons. The molecule has 0 saturated carbocycles. The van der Waals surface area contributed by atoms with Gasteiger partial charge in [-0.3, -0.25) is 14.3 Å². The average molecular weight is 289 g/mol. The Kier molecular flexibility index (Phi) is 3.54. The van der Waals surface area contributed by atoms with E-state index in [4.69, 9.17) is 23.2 Å². The fourth-order valence-electron chi connectivity index (χ4n) is 1.44.